The fourth-order valence-corrected chi connectivity index (χ4v) is 3.88. The zero-order valence-corrected chi connectivity index (χ0v) is 15.4. The molecule has 0 aromatic heterocycles. The molecule has 0 bridgehead atoms. The predicted octanol–water partition coefficient (Wildman–Crippen LogP) is 3.51. The first-order valence-electron chi connectivity index (χ1n) is 8.54. The summed E-state index contributed by atoms with van der Waals surface area (Å²) in [5.41, 5.74) is 4.30. The van der Waals surface area contributed by atoms with Crippen molar-refractivity contribution >= 4 is 11.7 Å². The Morgan fingerprint density at radius 3 is 2.52 bits per heavy atom. The van der Waals surface area contributed by atoms with Crippen molar-refractivity contribution in [3.8, 4) is 11.5 Å². The first-order valence-corrected chi connectivity index (χ1v) is 8.54. The third-order valence-electron chi connectivity index (χ3n) is 4.86. The number of allylic oxidation sites excluding steroid dienone is 2. The topological polar surface area (TPSA) is 56.8 Å². The van der Waals surface area contributed by atoms with Crippen LogP contribution in [-0.2, 0) is 16.0 Å². The van der Waals surface area contributed by atoms with Gasteiger partial charge in [-0.15, -0.1) is 0 Å². The van der Waals surface area contributed by atoms with Crippen LogP contribution < -0.4 is 14.8 Å². The van der Waals surface area contributed by atoms with Crippen molar-refractivity contribution in [1.29, 1.82) is 0 Å². The van der Waals surface area contributed by atoms with Crippen molar-refractivity contribution in [2.75, 3.05) is 19.5 Å². The Morgan fingerprint density at radius 1 is 1.20 bits per heavy atom. The number of benzene rings is 1. The van der Waals surface area contributed by atoms with E-state index in [4.69, 9.17) is 14.2 Å². The van der Waals surface area contributed by atoms with E-state index in [2.05, 4.69) is 29.6 Å². The maximum absolute atomic E-state index is 11.3. The number of methoxy groups -OCH3 is 2. The number of anilines is 1. The molecule has 0 saturated heterocycles. The molecule has 0 fully saturated rings. The van der Waals surface area contributed by atoms with Gasteiger partial charge in [0.05, 0.1) is 20.3 Å². The molecule has 1 aliphatic heterocycles. The average Bonchev–Trinajstić information content (AvgIpc) is 2.95. The summed E-state index contributed by atoms with van der Waals surface area (Å²) in [6.07, 6.45) is 8.86. The van der Waals surface area contributed by atoms with Crippen LogP contribution in [0.15, 0.2) is 24.3 Å². The van der Waals surface area contributed by atoms with Gasteiger partial charge in [-0.3, -0.25) is 4.79 Å². The minimum absolute atomic E-state index is 0.197. The molecular weight excluding hydrogens is 318 g/mol. The molecule has 3 atom stereocenters. The van der Waals surface area contributed by atoms with Gasteiger partial charge in [0.25, 0.3) is 0 Å². The lowest BCUT2D eigenvalue weighted by molar-refractivity contribution is -0.145. The number of carbonyl (C=O) groups is 1. The zero-order chi connectivity index (χ0) is 18.1. The summed E-state index contributed by atoms with van der Waals surface area (Å²) in [5.74, 6) is 1.46. The van der Waals surface area contributed by atoms with Gasteiger partial charge in [0.1, 0.15) is 6.10 Å². The van der Waals surface area contributed by atoms with Crippen LogP contribution in [-0.4, -0.2) is 32.3 Å². The van der Waals surface area contributed by atoms with Crippen molar-refractivity contribution < 1.29 is 19.0 Å². The lowest BCUT2D eigenvalue weighted by Gasteiger charge is -2.22. The summed E-state index contributed by atoms with van der Waals surface area (Å²) < 4.78 is 16.7. The van der Waals surface area contributed by atoms with E-state index in [-0.39, 0.29) is 24.0 Å². The molecular formula is C20H25NO4. The summed E-state index contributed by atoms with van der Waals surface area (Å²) >= 11 is 0. The van der Waals surface area contributed by atoms with Gasteiger partial charge in [-0.1, -0.05) is 24.3 Å². The maximum atomic E-state index is 11.3. The van der Waals surface area contributed by atoms with Crippen LogP contribution in [0.3, 0.4) is 0 Å². The van der Waals surface area contributed by atoms with Crippen molar-refractivity contribution in [2.24, 2.45) is 0 Å². The SMILES string of the molecule is COc1c(C)c(C[C@H](C)OC(C)=O)c2c(c1OC)C1C=CC=CC1N2. The number of hydrogen-bond donors (Lipinski definition) is 1. The fraction of sp³-hybridized carbons (Fsp3) is 0.450. The molecule has 1 aromatic rings. The van der Waals surface area contributed by atoms with Crippen LogP contribution in [0, 0.1) is 6.92 Å². The molecule has 5 heteroatoms. The number of hydrogen-bond acceptors (Lipinski definition) is 5. The highest BCUT2D eigenvalue weighted by molar-refractivity contribution is 5.77. The number of ether oxygens (including phenoxy) is 3. The smallest absolute Gasteiger partial charge is 0.302 e. The molecule has 0 saturated carbocycles. The van der Waals surface area contributed by atoms with E-state index in [1.54, 1.807) is 14.2 Å². The Morgan fingerprint density at radius 2 is 1.88 bits per heavy atom. The number of nitrogens with one attached hydrogen (secondary N) is 1. The van der Waals surface area contributed by atoms with Crippen molar-refractivity contribution in [3.05, 3.63) is 41.0 Å². The number of rotatable bonds is 5. The lowest BCUT2D eigenvalue weighted by Crippen LogP contribution is -2.19. The summed E-state index contributed by atoms with van der Waals surface area (Å²) in [6.45, 7) is 5.36. The molecule has 1 heterocycles. The minimum Gasteiger partial charge on any atom is -0.493 e. The minimum atomic E-state index is -0.269. The Labute approximate surface area is 148 Å². The molecule has 0 spiro atoms. The summed E-state index contributed by atoms with van der Waals surface area (Å²) in [5, 5.41) is 3.62. The Bertz CT molecular complexity index is 751. The van der Waals surface area contributed by atoms with Gasteiger partial charge in [0.2, 0.25) is 0 Å². The molecule has 0 amide bonds. The molecule has 134 valence electrons. The molecule has 1 N–H and O–H groups in total. The quantitative estimate of drug-likeness (QED) is 0.829. The number of fused-ring (bicyclic) bond motifs is 3. The molecule has 1 aromatic carbocycles. The van der Waals surface area contributed by atoms with Crippen LogP contribution in [0.4, 0.5) is 5.69 Å². The molecule has 5 nitrogen and oxygen atoms in total. The monoisotopic (exact) mass is 343 g/mol. The molecule has 3 rings (SSSR count). The predicted molar refractivity (Wildman–Crippen MR) is 97.6 cm³/mol. The van der Waals surface area contributed by atoms with E-state index in [1.165, 1.54) is 6.92 Å². The van der Waals surface area contributed by atoms with Gasteiger partial charge in [0.15, 0.2) is 11.5 Å². The van der Waals surface area contributed by atoms with Gasteiger partial charge in [-0.05, 0) is 19.4 Å². The van der Waals surface area contributed by atoms with Gasteiger partial charge < -0.3 is 19.5 Å². The van der Waals surface area contributed by atoms with Gasteiger partial charge in [0, 0.05) is 36.1 Å². The number of carbonyl (C=O) groups excluding carboxylic acids is 1. The Balaban J connectivity index is 2.13. The third kappa shape index (κ3) is 2.99. The van der Waals surface area contributed by atoms with E-state index in [1.807, 2.05) is 13.8 Å². The fourth-order valence-electron chi connectivity index (χ4n) is 3.88. The van der Waals surface area contributed by atoms with Crippen molar-refractivity contribution in [3.63, 3.8) is 0 Å². The van der Waals surface area contributed by atoms with Gasteiger partial charge in [-0.25, -0.2) is 0 Å². The van der Waals surface area contributed by atoms with Crippen LogP contribution in [0.25, 0.3) is 0 Å². The average molecular weight is 343 g/mol. The Hall–Kier alpha value is -2.43. The first kappa shape index (κ1) is 17.4. The van der Waals surface area contributed by atoms with E-state index in [0.717, 1.165) is 33.9 Å². The van der Waals surface area contributed by atoms with E-state index < -0.39 is 0 Å². The molecule has 2 aliphatic rings. The second kappa shape index (κ2) is 6.82. The zero-order valence-electron chi connectivity index (χ0n) is 15.4. The van der Waals surface area contributed by atoms with Gasteiger partial charge >= 0.3 is 5.97 Å². The highest BCUT2D eigenvalue weighted by Crippen LogP contribution is 2.52. The van der Waals surface area contributed by atoms with Gasteiger partial charge in [-0.2, -0.15) is 0 Å². The number of esters is 1. The summed E-state index contributed by atoms with van der Waals surface area (Å²) in [4.78, 5) is 11.3. The third-order valence-corrected chi connectivity index (χ3v) is 4.86. The summed E-state index contributed by atoms with van der Waals surface area (Å²) in [7, 11) is 3.33. The van der Waals surface area contributed by atoms with E-state index in [0.29, 0.717) is 6.42 Å². The van der Waals surface area contributed by atoms with Crippen LogP contribution >= 0.6 is 0 Å². The lowest BCUT2D eigenvalue weighted by atomic mass is 9.87. The summed E-state index contributed by atoms with van der Waals surface area (Å²) in [6, 6.07) is 0.197. The van der Waals surface area contributed by atoms with Crippen LogP contribution in [0.2, 0.25) is 0 Å². The second-order valence-corrected chi connectivity index (χ2v) is 6.55. The van der Waals surface area contributed by atoms with Crippen molar-refractivity contribution in [2.45, 2.75) is 45.3 Å². The maximum Gasteiger partial charge on any atom is 0.302 e. The highest BCUT2D eigenvalue weighted by atomic mass is 16.5. The normalized spacial score (nSPS) is 21.2. The Kier molecular flexibility index (Phi) is 4.75. The molecule has 2 unspecified atom stereocenters. The van der Waals surface area contributed by atoms with E-state index in [9.17, 15) is 4.79 Å². The van der Waals surface area contributed by atoms with Crippen LogP contribution in [0.5, 0.6) is 11.5 Å². The molecule has 0 radical (unpaired) electrons. The second-order valence-electron chi connectivity index (χ2n) is 6.55. The highest BCUT2D eigenvalue weighted by Gasteiger charge is 2.37. The van der Waals surface area contributed by atoms with E-state index >= 15 is 0 Å². The largest absolute Gasteiger partial charge is 0.493 e. The molecule has 25 heavy (non-hydrogen) atoms. The van der Waals surface area contributed by atoms with Crippen LogP contribution in [0.1, 0.15) is 36.5 Å². The first-order chi connectivity index (χ1) is 12.0. The standard InChI is InChI=1S/C20H25NO4/c1-11(25-13(3)22)10-15-12(2)19(23-4)20(24-5)17-14-8-6-7-9-16(14)21-18(15)17/h6-9,11,14,16,21H,10H2,1-5H3/t11-,14?,16?/m0/s1. The molecule has 1 aliphatic carbocycles. The van der Waals surface area contributed by atoms with Crippen molar-refractivity contribution in [1.82, 2.24) is 0 Å².